The van der Waals surface area contributed by atoms with Gasteiger partial charge in [0.1, 0.15) is 11.0 Å². The van der Waals surface area contributed by atoms with Crippen LogP contribution in [-0.4, -0.2) is 12.8 Å². The molecule has 0 saturated carbocycles. The van der Waals surface area contributed by atoms with Crippen LogP contribution in [0.25, 0.3) is 0 Å². The number of rotatable bonds is 3. The van der Waals surface area contributed by atoms with Crippen molar-refractivity contribution in [1.29, 1.82) is 0 Å². The molecule has 74 valence electrons. The van der Waals surface area contributed by atoms with Crippen molar-refractivity contribution in [2.45, 2.75) is 6.92 Å². The van der Waals surface area contributed by atoms with Crippen LogP contribution in [-0.2, 0) is 0 Å². The lowest BCUT2D eigenvalue weighted by molar-refractivity contribution is 0.736. The highest BCUT2D eigenvalue weighted by atomic mass is 32.3. The standard InChI is InChI=1S/C9H13F2NS/c1-3-13(10,11)12(2)9-7-5-4-6-8-9/h4-8H,3H2,1-2H3. The summed E-state index contributed by atoms with van der Waals surface area (Å²) in [7, 11) is -2.18. The van der Waals surface area contributed by atoms with Crippen LogP contribution in [0.3, 0.4) is 0 Å². The van der Waals surface area contributed by atoms with Crippen LogP contribution >= 0.6 is 11.0 Å². The highest BCUT2D eigenvalue weighted by Gasteiger charge is 2.25. The molecule has 0 aromatic heterocycles. The molecular formula is C9H13F2NS. The van der Waals surface area contributed by atoms with Crippen molar-refractivity contribution in [1.82, 2.24) is 0 Å². The van der Waals surface area contributed by atoms with E-state index in [2.05, 4.69) is 0 Å². The number of hydrogen-bond donors (Lipinski definition) is 0. The first-order chi connectivity index (χ1) is 6.08. The minimum atomic E-state index is -3.62. The maximum atomic E-state index is 13.2. The van der Waals surface area contributed by atoms with Gasteiger partial charge in [-0.05, 0) is 12.1 Å². The lowest BCUT2D eigenvalue weighted by atomic mass is 10.3. The fourth-order valence-electron chi connectivity index (χ4n) is 0.986. The van der Waals surface area contributed by atoms with E-state index in [1.807, 2.05) is 6.07 Å². The van der Waals surface area contributed by atoms with Crippen molar-refractivity contribution >= 4 is 16.7 Å². The summed E-state index contributed by atoms with van der Waals surface area (Å²) in [6.07, 6.45) is 0. The van der Waals surface area contributed by atoms with E-state index in [0.717, 1.165) is 4.31 Å². The van der Waals surface area contributed by atoms with Crippen LogP contribution in [0.1, 0.15) is 6.92 Å². The van der Waals surface area contributed by atoms with Crippen molar-refractivity contribution in [3.63, 3.8) is 0 Å². The summed E-state index contributed by atoms with van der Waals surface area (Å²) in [6.45, 7) is 1.51. The van der Waals surface area contributed by atoms with Gasteiger partial charge in [-0.25, -0.2) is 0 Å². The zero-order chi connectivity index (χ0) is 9.90. The van der Waals surface area contributed by atoms with Crippen LogP contribution in [0.5, 0.6) is 0 Å². The first kappa shape index (κ1) is 10.3. The maximum absolute atomic E-state index is 13.2. The minimum absolute atomic E-state index is 0.0988. The van der Waals surface area contributed by atoms with Crippen molar-refractivity contribution < 1.29 is 7.77 Å². The van der Waals surface area contributed by atoms with Crippen LogP contribution in [0, 0.1) is 0 Å². The van der Waals surface area contributed by atoms with Gasteiger partial charge in [0.05, 0.1) is 0 Å². The van der Waals surface area contributed by atoms with E-state index in [1.54, 1.807) is 24.3 Å². The Labute approximate surface area is 79.4 Å². The quantitative estimate of drug-likeness (QED) is 0.728. The predicted molar refractivity (Wildman–Crippen MR) is 55.2 cm³/mol. The van der Waals surface area contributed by atoms with E-state index < -0.39 is 11.0 Å². The smallest absolute Gasteiger partial charge is 0.139 e. The molecule has 0 aliphatic carbocycles. The van der Waals surface area contributed by atoms with Crippen LogP contribution < -0.4 is 4.31 Å². The van der Waals surface area contributed by atoms with Crippen molar-refractivity contribution in [3.8, 4) is 0 Å². The summed E-state index contributed by atoms with van der Waals surface area (Å²) >= 11 is 0. The van der Waals surface area contributed by atoms with E-state index in [-0.39, 0.29) is 5.75 Å². The Bertz CT molecular complexity index is 264. The van der Waals surface area contributed by atoms with Crippen LogP contribution in [0.15, 0.2) is 30.3 Å². The van der Waals surface area contributed by atoms with Gasteiger partial charge in [0.25, 0.3) is 0 Å². The topological polar surface area (TPSA) is 3.24 Å². The molecule has 0 radical (unpaired) electrons. The molecule has 0 spiro atoms. The first-order valence-corrected chi connectivity index (χ1v) is 5.63. The van der Waals surface area contributed by atoms with Gasteiger partial charge >= 0.3 is 0 Å². The fourth-order valence-corrected chi connectivity index (χ4v) is 1.80. The summed E-state index contributed by atoms with van der Waals surface area (Å²) in [5.74, 6) is -0.0988. The second kappa shape index (κ2) is 3.96. The van der Waals surface area contributed by atoms with Gasteiger partial charge < -0.3 is 0 Å². The molecule has 0 saturated heterocycles. The number of anilines is 1. The van der Waals surface area contributed by atoms with E-state index in [9.17, 15) is 7.77 Å². The third-order valence-corrected chi connectivity index (χ3v) is 3.57. The Morgan fingerprint density at radius 3 is 2.23 bits per heavy atom. The molecule has 1 nitrogen and oxygen atoms in total. The molecule has 0 atom stereocenters. The number of para-hydroxylation sites is 1. The van der Waals surface area contributed by atoms with Gasteiger partial charge in [-0.3, -0.25) is 4.31 Å². The Balaban J connectivity index is 2.85. The SMILES string of the molecule is CCS(F)(F)N(C)c1ccccc1. The zero-order valence-corrected chi connectivity index (χ0v) is 8.52. The average Bonchev–Trinajstić information content (AvgIpc) is 2.18. The predicted octanol–water partition coefficient (Wildman–Crippen LogP) is 3.63. The van der Waals surface area contributed by atoms with E-state index >= 15 is 0 Å². The second-order valence-electron chi connectivity index (χ2n) is 2.67. The Kier molecular flexibility index (Phi) is 3.14. The Morgan fingerprint density at radius 1 is 1.23 bits per heavy atom. The Morgan fingerprint density at radius 2 is 1.77 bits per heavy atom. The van der Waals surface area contributed by atoms with Gasteiger partial charge in [0.15, 0.2) is 0 Å². The molecule has 0 heterocycles. The number of halogens is 2. The summed E-state index contributed by atoms with van der Waals surface area (Å²) in [4.78, 5) is 0. The van der Waals surface area contributed by atoms with Crippen LogP contribution in [0.4, 0.5) is 13.5 Å². The largest absolute Gasteiger partial charge is 0.290 e. The number of nitrogens with zero attached hydrogens (tertiary/aromatic N) is 1. The number of benzene rings is 1. The van der Waals surface area contributed by atoms with E-state index in [1.165, 1.54) is 14.0 Å². The first-order valence-electron chi connectivity index (χ1n) is 4.07. The monoisotopic (exact) mass is 205 g/mol. The van der Waals surface area contributed by atoms with Crippen molar-refractivity contribution in [3.05, 3.63) is 30.3 Å². The molecule has 0 amide bonds. The lowest BCUT2D eigenvalue weighted by Gasteiger charge is -2.31. The van der Waals surface area contributed by atoms with Gasteiger partial charge in [-0.15, -0.1) is 7.77 Å². The molecule has 1 rings (SSSR count). The molecule has 4 heteroatoms. The molecule has 1 aromatic rings. The molecule has 0 aliphatic rings. The van der Waals surface area contributed by atoms with Gasteiger partial charge in [-0.2, -0.15) is 0 Å². The summed E-state index contributed by atoms with van der Waals surface area (Å²) in [5.41, 5.74) is 0.573. The van der Waals surface area contributed by atoms with Crippen LogP contribution in [0.2, 0.25) is 0 Å². The second-order valence-corrected chi connectivity index (χ2v) is 4.88. The fraction of sp³-hybridized carbons (Fsp3) is 0.333. The summed E-state index contributed by atoms with van der Waals surface area (Å²) in [5, 5.41) is 0. The van der Waals surface area contributed by atoms with E-state index in [0.29, 0.717) is 5.69 Å². The number of hydrogen-bond acceptors (Lipinski definition) is 1. The third kappa shape index (κ3) is 2.34. The minimum Gasteiger partial charge on any atom is -0.290 e. The molecule has 0 aliphatic heterocycles. The highest BCUT2D eigenvalue weighted by Crippen LogP contribution is 2.55. The molecular weight excluding hydrogens is 192 g/mol. The summed E-state index contributed by atoms with van der Waals surface area (Å²) < 4.78 is 27.6. The van der Waals surface area contributed by atoms with Gasteiger partial charge in [0.2, 0.25) is 0 Å². The zero-order valence-electron chi connectivity index (χ0n) is 7.71. The van der Waals surface area contributed by atoms with Crippen molar-refractivity contribution in [2.24, 2.45) is 0 Å². The van der Waals surface area contributed by atoms with Gasteiger partial charge in [0, 0.05) is 18.5 Å². The molecule has 0 N–H and O–H groups in total. The molecule has 1 aromatic carbocycles. The Hall–Kier alpha value is -0.770. The third-order valence-electron chi connectivity index (χ3n) is 1.87. The van der Waals surface area contributed by atoms with Gasteiger partial charge in [-0.1, -0.05) is 25.1 Å². The summed E-state index contributed by atoms with van der Waals surface area (Å²) in [6, 6.07) is 8.72. The normalized spacial score (nSPS) is 12.6. The maximum Gasteiger partial charge on any atom is 0.139 e. The van der Waals surface area contributed by atoms with E-state index in [4.69, 9.17) is 0 Å². The molecule has 0 unspecified atom stereocenters. The average molecular weight is 205 g/mol. The highest BCUT2D eigenvalue weighted by molar-refractivity contribution is 8.26. The lowest BCUT2D eigenvalue weighted by Crippen LogP contribution is -2.17. The molecule has 0 bridgehead atoms. The molecule has 0 fully saturated rings. The van der Waals surface area contributed by atoms with Crippen molar-refractivity contribution in [2.75, 3.05) is 17.1 Å². The molecule has 13 heavy (non-hydrogen) atoms.